The predicted octanol–water partition coefficient (Wildman–Crippen LogP) is 1.60. The number of nitrogens with one attached hydrogen (secondary N) is 1. The number of methoxy groups -OCH3 is 1. The maximum Gasteiger partial charge on any atom is 0.339 e. The van der Waals surface area contributed by atoms with Crippen molar-refractivity contribution in [2.45, 2.75) is 17.0 Å². The molecule has 7 heteroatoms. The molecule has 0 spiro atoms. The van der Waals surface area contributed by atoms with Gasteiger partial charge in [0, 0.05) is 22.3 Å². The number of nitrogens with zero attached hydrogens (tertiary/aromatic N) is 1. The zero-order valence-corrected chi connectivity index (χ0v) is 11.8. The van der Waals surface area contributed by atoms with Crippen molar-refractivity contribution in [1.29, 1.82) is 0 Å². The number of hydrogen-bond acceptors (Lipinski definition) is 6. The van der Waals surface area contributed by atoms with E-state index in [0.29, 0.717) is 16.5 Å². The number of anilines is 1. The Morgan fingerprint density at radius 3 is 2.80 bits per heavy atom. The largest absolute Gasteiger partial charge is 0.465 e. The standard InChI is InChI=1S/C13H13N3O3S/c1-7-5-11(17)16-13(15-7)20-8-3-4-10(14)9(6-8)12(18)19-2/h3-6H,14H2,1-2H3,(H,15,16,17). The Balaban J connectivity index is 2.34. The first-order chi connectivity index (χ1) is 9.49. The van der Waals surface area contributed by atoms with Gasteiger partial charge in [0.2, 0.25) is 0 Å². The molecule has 0 aliphatic rings. The minimum Gasteiger partial charge on any atom is -0.465 e. The Morgan fingerprint density at radius 1 is 1.40 bits per heavy atom. The van der Waals surface area contributed by atoms with E-state index in [-0.39, 0.29) is 11.1 Å². The first kappa shape index (κ1) is 14.1. The summed E-state index contributed by atoms with van der Waals surface area (Å²) in [6.45, 7) is 1.74. The fourth-order valence-corrected chi connectivity index (χ4v) is 2.47. The quantitative estimate of drug-likeness (QED) is 0.506. The first-order valence-electron chi connectivity index (χ1n) is 5.73. The van der Waals surface area contributed by atoms with E-state index in [9.17, 15) is 9.59 Å². The summed E-state index contributed by atoms with van der Waals surface area (Å²) < 4.78 is 4.66. The highest BCUT2D eigenvalue weighted by Gasteiger charge is 2.12. The van der Waals surface area contributed by atoms with Crippen molar-refractivity contribution in [1.82, 2.24) is 9.97 Å². The van der Waals surface area contributed by atoms with Gasteiger partial charge in [-0.25, -0.2) is 9.78 Å². The zero-order chi connectivity index (χ0) is 14.7. The molecule has 0 aliphatic carbocycles. The van der Waals surface area contributed by atoms with Gasteiger partial charge in [-0.1, -0.05) is 11.8 Å². The first-order valence-corrected chi connectivity index (χ1v) is 6.55. The number of aryl methyl sites for hydroxylation is 1. The number of nitrogen functional groups attached to an aromatic ring is 1. The fourth-order valence-electron chi connectivity index (χ4n) is 1.60. The van der Waals surface area contributed by atoms with Crippen LogP contribution in [0.1, 0.15) is 16.1 Å². The van der Waals surface area contributed by atoms with E-state index in [1.807, 2.05) is 0 Å². The molecule has 0 atom stereocenters. The number of carbonyl (C=O) groups excluding carboxylic acids is 1. The molecule has 2 rings (SSSR count). The molecule has 104 valence electrons. The molecular weight excluding hydrogens is 278 g/mol. The minimum atomic E-state index is -0.504. The van der Waals surface area contributed by atoms with E-state index in [0.717, 1.165) is 4.90 Å². The lowest BCUT2D eigenvalue weighted by Gasteiger charge is -2.06. The number of ether oxygens (including phenoxy) is 1. The molecule has 20 heavy (non-hydrogen) atoms. The van der Waals surface area contributed by atoms with Crippen LogP contribution in [0.5, 0.6) is 0 Å². The second kappa shape index (κ2) is 5.79. The molecule has 0 bridgehead atoms. The Labute approximate surface area is 119 Å². The maximum atomic E-state index is 11.6. The summed E-state index contributed by atoms with van der Waals surface area (Å²) in [7, 11) is 1.29. The smallest absolute Gasteiger partial charge is 0.339 e. The van der Waals surface area contributed by atoms with Crippen LogP contribution < -0.4 is 11.3 Å². The van der Waals surface area contributed by atoms with Crippen LogP contribution in [0.4, 0.5) is 5.69 Å². The van der Waals surface area contributed by atoms with E-state index < -0.39 is 5.97 Å². The third-order valence-electron chi connectivity index (χ3n) is 2.49. The summed E-state index contributed by atoms with van der Waals surface area (Å²) in [5.74, 6) is -0.504. The van der Waals surface area contributed by atoms with Gasteiger partial charge >= 0.3 is 5.97 Å². The second-order valence-corrected chi connectivity index (χ2v) is 5.10. The molecule has 0 radical (unpaired) electrons. The van der Waals surface area contributed by atoms with Crippen molar-refractivity contribution in [3.8, 4) is 0 Å². The van der Waals surface area contributed by atoms with Crippen molar-refractivity contribution in [2.75, 3.05) is 12.8 Å². The van der Waals surface area contributed by atoms with Crippen LogP contribution in [0.3, 0.4) is 0 Å². The molecular formula is C13H13N3O3S. The Hall–Kier alpha value is -2.28. The monoisotopic (exact) mass is 291 g/mol. The van der Waals surface area contributed by atoms with Gasteiger partial charge in [0.25, 0.3) is 5.56 Å². The van der Waals surface area contributed by atoms with Crippen molar-refractivity contribution in [2.24, 2.45) is 0 Å². The molecule has 0 aliphatic heterocycles. The molecule has 0 amide bonds. The highest BCUT2D eigenvalue weighted by molar-refractivity contribution is 7.99. The van der Waals surface area contributed by atoms with Gasteiger partial charge in [0.15, 0.2) is 5.16 Å². The van der Waals surface area contributed by atoms with E-state index in [1.165, 1.54) is 24.9 Å². The van der Waals surface area contributed by atoms with Crippen LogP contribution >= 0.6 is 11.8 Å². The van der Waals surface area contributed by atoms with Crippen molar-refractivity contribution in [3.63, 3.8) is 0 Å². The molecule has 1 aromatic carbocycles. The van der Waals surface area contributed by atoms with Crippen molar-refractivity contribution >= 4 is 23.4 Å². The lowest BCUT2D eigenvalue weighted by Crippen LogP contribution is -2.08. The molecule has 2 aromatic rings. The SMILES string of the molecule is COC(=O)c1cc(Sc2nc(C)cc(=O)[nH]2)ccc1N. The van der Waals surface area contributed by atoms with Gasteiger partial charge in [-0.05, 0) is 25.1 Å². The molecule has 6 nitrogen and oxygen atoms in total. The zero-order valence-electron chi connectivity index (χ0n) is 11.0. The molecule has 0 saturated carbocycles. The van der Waals surface area contributed by atoms with Gasteiger partial charge in [-0.2, -0.15) is 0 Å². The van der Waals surface area contributed by atoms with Crippen LogP contribution in [0, 0.1) is 6.92 Å². The van der Waals surface area contributed by atoms with Crippen molar-refractivity contribution < 1.29 is 9.53 Å². The number of esters is 1. The topological polar surface area (TPSA) is 98.1 Å². The van der Waals surface area contributed by atoms with Crippen LogP contribution in [-0.4, -0.2) is 23.0 Å². The van der Waals surface area contributed by atoms with Gasteiger partial charge in [-0.15, -0.1) is 0 Å². The highest BCUT2D eigenvalue weighted by Crippen LogP contribution is 2.27. The summed E-state index contributed by atoms with van der Waals surface area (Å²) in [5, 5.41) is 0.454. The molecule has 3 N–H and O–H groups in total. The number of carbonyl (C=O) groups is 1. The molecule has 1 heterocycles. The summed E-state index contributed by atoms with van der Waals surface area (Å²) in [4.78, 5) is 30.5. The van der Waals surface area contributed by atoms with Gasteiger partial charge in [0.1, 0.15) is 0 Å². The third-order valence-corrected chi connectivity index (χ3v) is 3.37. The van der Waals surface area contributed by atoms with E-state index in [4.69, 9.17) is 5.73 Å². The third kappa shape index (κ3) is 3.18. The highest BCUT2D eigenvalue weighted by atomic mass is 32.2. The van der Waals surface area contributed by atoms with Crippen LogP contribution in [0.2, 0.25) is 0 Å². The average Bonchev–Trinajstić information content (AvgIpc) is 2.39. The second-order valence-electron chi connectivity index (χ2n) is 4.03. The Bertz CT molecular complexity index is 712. The number of rotatable bonds is 3. The lowest BCUT2D eigenvalue weighted by atomic mass is 10.2. The summed E-state index contributed by atoms with van der Waals surface area (Å²) in [6, 6.07) is 6.37. The van der Waals surface area contributed by atoms with Crippen molar-refractivity contribution in [3.05, 3.63) is 45.9 Å². The summed E-state index contributed by atoms with van der Waals surface area (Å²) in [5.41, 5.74) is 6.75. The van der Waals surface area contributed by atoms with E-state index in [2.05, 4.69) is 14.7 Å². The Kier molecular flexibility index (Phi) is 4.09. The number of nitrogens with two attached hydrogens (primary N) is 1. The molecule has 1 aromatic heterocycles. The summed E-state index contributed by atoms with van der Waals surface area (Å²) >= 11 is 1.24. The number of H-pyrrole nitrogens is 1. The maximum absolute atomic E-state index is 11.6. The van der Waals surface area contributed by atoms with Gasteiger partial charge in [0.05, 0.1) is 12.7 Å². The number of aromatic nitrogens is 2. The van der Waals surface area contributed by atoms with Crippen LogP contribution in [-0.2, 0) is 4.74 Å². The van der Waals surface area contributed by atoms with E-state index >= 15 is 0 Å². The van der Waals surface area contributed by atoms with Gasteiger partial charge in [-0.3, -0.25) is 4.79 Å². The molecule has 0 saturated heterocycles. The number of benzene rings is 1. The summed E-state index contributed by atoms with van der Waals surface area (Å²) in [6.07, 6.45) is 0. The van der Waals surface area contributed by atoms with Crippen LogP contribution in [0.25, 0.3) is 0 Å². The lowest BCUT2D eigenvalue weighted by molar-refractivity contribution is 0.0601. The molecule has 0 unspecified atom stereocenters. The minimum absolute atomic E-state index is 0.219. The van der Waals surface area contributed by atoms with Gasteiger partial charge < -0.3 is 15.5 Å². The fraction of sp³-hybridized carbons (Fsp3) is 0.154. The predicted molar refractivity (Wildman–Crippen MR) is 75.9 cm³/mol. The average molecular weight is 291 g/mol. The number of hydrogen-bond donors (Lipinski definition) is 2. The Morgan fingerprint density at radius 2 is 2.15 bits per heavy atom. The normalized spacial score (nSPS) is 10.3. The van der Waals surface area contributed by atoms with Crippen LogP contribution in [0.15, 0.2) is 39.1 Å². The molecule has 0 fully saturated rings. The van der Waals surface area contributed by atoms with E-state index in [1.54, 1.807) is 25.1 Å². The number of aromatic amines is 1.